The van der Waals surface area contributed by atoms with Crippen LogP contribution >= 0.6 is 22.7 Å². The minimum absolute atomic E-state index is 0.0904. The van der Waals surface area contributed by atoms with E-state index in [-0.39, 0.29) is 38.3 Å². The summed E-state index contributed by atoms with van der Waals surface area (Å²) in [6, 6.07) is 14.9. The fourth-order valence-electron chi connectivity index (χ4n) is 4.73. The predicted octanol–water partition coefficient (Wildman–Crippen LogP) is 7.25. The van der Waals surface area contributed by atoms with Crippen LogP contribution in [-0.4, -0.2) is 62.0 Å². The van der Waals surface area contributed by atoms with E-state index in [1.54, 1.807) is 56.0 Å². The van der Waals surface area contributed by atoms with Crippen molar-refractivity contribution in [1.29, 1.82) is 0 Å². The number of hydrogen-bond donors (Lipinski definition) is 1. The molecule has 2 heterocycles. The predicted molar refractivity (Wildman–Crippen MR) is 158 cm³/mol. The summed E-state index contributed by atoms with van der Waals surface area (Å²) in [5.41, 5.74) is -0.360. The number of unbranched alkanes of at least 4 members (excludes halogenated alkanes) is 1. The zero-order chi connectivity index (χ0) is 30.9. The Morgan fingerprint density at radius 2 is 1.38 bits per heavy atom. The normalized spacial score (nSPS) is 12.5. The minimum atomic E-state index is -5.02. The van der Waals surface area contributed by atoms with E-state index in [1.807, 2.05) is 35.0 Å². The maximum absolute atomic E-state index is 14.1. The summed E-state index contributed by atoms with van der Waals surface area (Å²) >= 11 is 2.99. The number of amides is 3. The first-order chi connectivity index (χ1) is 19.8. The summed E-state index contributed by atoms with van der Waals surface area (Å²) in [7, 11) is 0. The number of carboxylic acid groups (broad SMARTS) is 1. The number of thiophene rings is 2. The van der Waals surface area contributed by atoms with Crippen LogP contribution in [0.3, 0.4) is 0 Å². The lowest BCUT2D eigenvalue weighted by molar-refractivity contribution is -0.186. The number of rotatable bonds is 13. The van der Waals surface area contributed by atoms with Crippen LogP contribution in [0.1, 0.15) is 55.4 Å². The van der Waals surface area contributed by atoms with Crippen molar-refractivity contribution in [3.63, 3.8) is 0 Å². The number of nitrogens with zero attached hydrogens (tertiary/aromatic N) is 3. The third kappa shape index (κ3) is 9.59. The third-order valence-corrected chi connectivity index (χ3v) is 8.31. The Bertz CT molecular complexity index is 1240. The summed E-state index contributed by atoms with van der Waals surface area (Å²) in [6.45, 7) is 5.31. The molecule has 0 saturated carbocycles. The third-order valence-electron chi connectivity index (χ3n) is 6.59. The zero-order valence-electron chi connectivity index (χ0n) is 23.8. The average molecular weight is 624 g/mol. The van der Waals surface area contributed by atoms with Crippen LogP contribution in [0.15, 0.2) is 65.4 Å². The van der Waals surface area contributed by atoms with Gasteiger partial charge >= 0.3 is 18.2 Å². The Balaban J connectivity index is 1.81. The highest BCUT2D eigenvalue weighted by Gasteiger charge is 2.43. The van der Waals surface area contributed by atoms with Crippen LogP contribution in [0.5, 0.6) is 0 Å². The van der Waals surface area contributed by atoms with Crippen molar-refractivity contribution in [1.82, 2.24) is 14.7 Å². The second-order valence-corrected chi connectivity index (χ2v) is 13.0. The first-order valence-corrected chi connectivity index (χ1v) is 15.3. The quantitative estimate of drug-likeness (QED) is 0.204. The van der Waals surface area contributed by atoms with Crippen LogP contribution in [0, 0.1) is 0 Å². The SMILES string of the molecule is CC(C)(C)N(C(=O)O)[C@@H](CCCCN(Cc1ccccc1)C(=O)C(F)(F)F)C(=O)N(Cc1cccs1)Cc1cccs1. The van der Waals surface area contributed by atoms with E-state index in [0.29, 0.717) is 18.7 Å². The van der Waals surface area contributed by atoms with Gasteiger partial charge in [0, 0.05) is 28.4 Å². The molecule has 228 valence electrons. The van der Waals surface area contributed by atoms with Crippen molar-refractivity contribution in [2.45, 2.75) is 77.4 Å². The molecular weight excluding hydrogens is 587 g/mol. The summed E-state index contributed by atoms with van der Waals surface area (Å²) < 4.78 is 40.1. The molecule has 1 aromatic carbocycles. The van der Waals surface area contributed by atoms with Crippen LogP contribution in [-0.2, 0) is 29.2 Å². The molecule has 2 aromatic heterocycles. The molecule has 0 spiro atoms. The number of benzene rings is 1. The Labute approximate surface area is 252 Å². The number of hydrogen-bond acceptors (Lipinski definition) is 5. The van der Waals surface area contributed by atoms with Gasteiger partial charge in [-0.1, -0.05) is 42.5 Å². The van der Waals surface area contributed by atoms with E-state index in [9.17, 15) is 32.7 Å². The van der Waals surface area contributed by atoms with Gasteiger partial charge in [0.05, 0.1) is 13.1 Å². The number of carbonyl (C=O) groups is 3. The molecule has 3 rings (SSSR count). The second-order valence-electron chi connectivity index (χ2n) is 10.9. The van der Waals surface area contributed by atoms with Gasteiger partial charge in [-0.25, -0.2) is 4.79 Å². The Hall–Kier alpha value is -3.38. The fourth-order valence-corrected chi connectivity index (χ4v) is 6.17. The molecule has 0 aliphatic carbocycles. The lowest BCUT2D eigenvalue weighted by Gasteiger charge is -2.41. The fraction of sp³-hybridized carbons (Fsp3) is 0.433. The highest BCUT2D eigenvalue weighted by molar-refractivity contribution is 7.10. The molecule has 0 saturated heterocycles. The van der Waals surface area contributed by atoms with Gasteiger partial charge in [-0.3, -0.25) is 14.5 Å². The topological polar surface area (TPSA) is 81.2 Å². The van der Waals surface area contributed by atoms with Gasteiger partial charge < -0.3 is 14.9 Å². The number of carbonyl (C=O) groups excluding carboxylic acids is 2. The van der Waals surface area contributed by atoms with Gasteiger partial charge in [0.15, 0.2) is 0 Å². The van der Waals surface area contributed by atoms with Gasteiger partial charge in [0.2, 0.25) is 5.91 Å². The Kier molecular flexibility index (Phi) is 11.6. The number of alkyl halides is 3. The van der Waals surface area contributed by atoms with Gasteiger partial charge in [-0.05, 0) is 68.5 Å². The van der Waals surface area contributed by atoms with E-state index in [1.165, 1.54) is 22.7 Å². The minimum Gasteiger partial charge on any atom is -0.465 e. The molecule has 0 fully saturated rings. The summed E-state index contributed by atoms with van der Waals surface area (Å²) in [6.07, 6.45) is -5.80. The monoisotopic (exact) mass is 623 g/mol. The van der Waals surface area contributed by atoms with Crippen molar-refractivity contribution in [2.75, 3.05) is 6.54 Å². The van der Waals surface area contributed by atoms with Crippen molar-refractivity contribution in [3.05, 3.63) is 80.7 Å². The highest BCUT2D eigenvalue weighted by Crippen LogP contribution is 2.26. The van der Waals surface area contributed by atoms with Crippen molar-refractivity contribution in [2.24, 2.45) is 0 Å². The molecule has 12 heteroatoms. The first-order valence-electron chi connectivity index (χ1n) is 13.5. The van der Waals surface area contributed by atoms with E-state index in [2.05, 4.69) is 0 Å². The largest absolute Gasteiger partial charge is 0.471 e. The average Bonchev–Trinajstić information content (AvgIpc) is 3.62. The molecule has 0 radical (unpaired) electrons. The summed E-state index contributed by atoms with van der Waals surface area (Å²) in [4.78, 5) is 44.2. The molecule has 7 nitrogen and oxygen atoms in total. The lowest BCUT2D eigenvalue weighted by atomic mass is 9.98. The molecule has 0 aliphatic heterocycles. The molecule has 0 unspecified atom stereocenters. The first kappa shape index (κ1) is 33.1. The summed E-state index contributed by atoms with van der Waals surface area (Å²) in [5.74, 6) is -2.31. The maximum atomic E-state index is 14.1. The van der Waals surface area contributed by atoms with E-state index in [4.69, 9.17) is 0 Å². The lowest BCUT2D eigenvalue weighted by Crippen LogP contribution is -2.57. The van der Waals surface area contributed by atoms with Crippen LogP contribution in [0.2, 0.25) is 0 Å². The maximum Gasteiger partial charge on any atom is 0.471 e. The molecule has 3 amide bonds. The molecule has 3 aromatic rings. The Morgan fingerprint density at radius 1 is 0.810 bits per heavy atom. The molecule has 1 atom stereocenters. The van der Waals surface area contributed by atoms with Gasteiger partial charge in [-0.15, -0.1) is 22.7 Å². The van der Waals surface area contributed by atoms with Crippen molar-refractivity contribution in [3.8, 4) is 0 Å². The molecule has 42 heavy (non-hydrogen) atoms. The smallest absolute Gasteiger partial charge is 0.465 e. The van der Waals surface area contributed by atoms with Crippen molar-refractivity contribution < 1.29 is 32.7 Å². The molecular formula is C30H36F3N3O4S2. The highest BCUT2D eigenvalue weighted by atomic mass is 32.1. The standard InChI is InChI=1S/C30H36F3N3O4S2/c1-29(2,3)36(28(39)40)25(26(37)35(20-23-13-9-17-41-23)21-24-14-10-18-42-24)15-7-8-16-34(27(38)30(31,32)33)19-22-11-5-4-6-12-22/h4-6,9-14,17-18,25H,7-8,15-16,19-21H2,1-3H3,(H,39,40)/t25-/m0/s1. The van der Waals surface area contributed by atoms with Crippen molar-refractivity contribution >= 4 is 40.6 Å². The molecule has 0 bridgehead atoms. The van der Waals surface area contributed by atoms with Crippen LogP contribution < -0.4 is 0 Å². The van der Waals surface area contributed by atoms with E-state index < -0.39 is 29.8 Å². The Morgan fingerprint density at radius 3 is 1.83 bits per heavy atom. The second kappa shape index (κ2) is 14.7. The van der Waals surface area contributed by atoms with Gasteiger partial charge in [0.25, 0.3) is 0 Å². The molecule has 0 aliphatic rings. The summed E-state index contributed by atoms with van der Waals surface area (Å²) in [5, 5.41) is 14.0. The van der Waals surface area contributed by atoms with E-state index >= 15 is 0 Å². The molecule has 1 N–H and O–H groups in total. The zero-order valence-corrected chi connectivity index (χ0v) is 25.5. The van der Waals surface area contributed by atoms with Crippen LogP contribution in [0.4, 0.5) is 18.0 Å². The van der Waals surface area contributed by atoms with Gasteiger partial charge in [-0.2, -0.15) is 13.2 Å². The van der Waals surface area contributed by atoms with Gasteiger partial charge in [0.1, 0.15) is 6.04 Å². The van der Waals surface area contributed by atoms with E-state index in [0.717, 1.165) is 19.6 Å². The van der Waals surface area contributed by atoms with Crippen LogP contribution in [0.25, 0.3) is 0 Å². The number of halogens is 3.